The molecule has 0 radical (unpaired) electrons. The Labute approximate surface area is 161 Å². The van der Waals surface area contributed by atoms with Gasteiger partial charge < -0.3 is 16.4 Å². The quantitative estimate of drug-likeness (QED) is 0.702. The van der Waals surface area contributed by atoms with Crippen molar-refractivity contribution in [3.63, 3.8) is 0 Å². The van der Waals surface area contributed by atoms with Gasteiger partial charge in [0.05, 0.1) is 12.1 Å². The Kier molecular flexibility index (Phi) is 5.96. The molecule has 0 saturated carbocycles. The zero-order valence-corrected chi connectivity index (χ0v) is 16.2. The molecule has 3 rings (SSSR count). The van der Waals surface area contributed by atoms with Crippen LogP contribution >= 0.6 is 22.9 Å². The molecular weight excluding hydrogens is 370 g/mol. The molecule has 1 heterocycles. The molecule has 2 amide bonds. The van der Waals surface area contributed by atoms with Crippen LogP contribution in [0.5, 0.6) is 0 Å². The molecule has 5 nitrogen and oxygen atoms in total. The highest BCUT2D eigenvalue weighted by Crippen LogP contribution is 2.37. The lowest BCUT2D eigenvalue weighted by Gasteiger charge is -2.14. The van der Waals surface area contributed by atoms with E-state index in [0.29, 0.717) is 15.6 Å². The standard InChI is InChI=1S/C19H22ClN3O2S/c1-11(12-5-4-6-13(20)9-12)22-10-16(24)23-19-17(18(21)25)14-7-2-3-8-15(14)26-19/h4-6,9,11,22H,2-3,7-8,10H2,1H3,(H2,21,25)(H,23,24)/t11-/m1/s1. The van der Waals surface area contributed by atoms with Gasteiger partial charge in [-0.05, 0) is 55.9 Å². The van der Waals surface area contributed by atoms with Gasteiger partial charge in [-0.2, -0.15) is 0 Å². The second-order valence-electron chi connectivity index (χ2n) is 6.49. The fourth-order valence-electron chi connectivity index (χ4n) is 3.22. The van der Waals surface area contributed by atoms with Crippen molar-refractivity contribution >= 4 is 39.8 Å². The van der Waals surface area contributed by atoms with Crippen molar-refractivity contribution in [3.05, 3.63) is 50.9 Å². The van der Waals surface area contributed by atoms with Crippen LogP contribution in [0.15, 0.2) is 24.3 Å². The Morgan fingerprint density at radius 1 is 1.31 bits per heavy atom. The Morgan fingerprint density at radius 3 is 2.81 bits per heavy atom. The number of fused-ring (bicyclic) bond motifs is 1. The SMILES string of the molecule is C[C@@H](NCC(=O)Nc1sc2c(c1C(N)=O)CCCC2)c1cccc(Cl)c1. The lowest BCUT2D eigenvalue weighted by Crippen LogP contribution is -2.30. The van der Waals surface area contributed by atoms with E-state index in [1.807, 2.05) is 31.2 Å². The highest BCUT2D eigenvalue weighted by atomic mass is 35.5. The van der Waals surface area contributed by atoms with Gasteiger partial charge >= 0.3 is 0 Å². The molecule has 2 aromatic rings. The number of carbonyl (C=O) groups excluding carboxylic acids is 2. The van der Waals surface area contributed by atoms with Gasteiger partial charge in [0.15, 0.2) is 0 Å². The molecule has 0 saturated heterocycles. The lowest BCUT2D eigenvalue weighted by atomic mass is 9.95. The molecule has 26 heavy (non-hydrogen) atoms. The molecule has 0 spiro atoms. The summed E-state index contributed by atoms with van der Waals surface area (Å²) in [7, 11) is 0. The van der Waals surface area contributed by atoms with Crippen LogP contribution in [0.25, 0.3) is 0 Å². The molecular formula is C19H22ClN3O2S. The predicted octanol–water partition coefficient (Wildman–Crippen LogP) is 3.67. The highest BCUT2D eigenvalue weighted by molar-refractivity contribution is 7.17. The Morgan fingerprint density at radius 2 is 2.08 bits per heavy atom. The van der Waals surface area contributed by atoms with Crippen molar-refractivity contribution in [2.24, 2.45) is 5.73 Å². The van der Waals surface area contributed by atoms with Crippen LogP contribution in [0.2, 0.25) is 5.02 Å². The number of anilines is 1. The predicted molar refractivity (Wildman–Crippen MR) is 106 cm³/mol. The summed E-state index contributed by atoms with van der Waals surface area (Å²) < 4.78 is 0. The van der Waals surface area contributed by atoms with Gasteiger partial charge in [-0.25, -0.2) is 0 Å². The maximum atomic E-state index is 12.4. The van der Waals surface area contributed by atoms with E-state index in [4.69, 9.17) is 17.3 Å². The van der Waals surface area contributed by atoms with Gasteiger partial charge in [-0.15, -0.1) is 11.3 Å². The molecule has 1 aromatic carbocycles. The van der Waals surface area contributed by atoms with E-state index in [0.717, 1.165) is 36.8 Å². The first-order valence-corrected chi connectivity index (χ1v) is 9.88. The lowest BCUT2D eigenvalue weighted by molar-refractivity contribution is -0.115. The number of nitrogens with two attached hydrogens (primary N) is 1. The smallest absolute Gasteiger partial charge is 0.251 e. The maximum Gasteiger partial charge on any atom is 0.251 e. The van der Waals surface area contributed by atoms with Crippen LogP contribution in [-0.2, 0) is 17.6 Å². The van der Waals surface area contributed by atoms with E-state index in [-0.39, 0.29) is 18.5 Å². The van der Waals surface area contributed by atoms with E-state index in [1.165, 1.54) is 16.2 Å². The van der Waals surface area contributed by atoms with Gasteiger partial charge in [0.2, 0.25) is 5.91 Å². The summed E-state index contributed by atoms with van der Waals surface area (Å²) in [5.74, 6) is -0.667. The number of halogens is 1. The number of amides is 2. The van der Waals surface area contributed by atoms with Gasteiger partial charge in [0, 0.05) is 15.9 Å². The van der Waals surface area contributed by atoms with E-state index >= 15 is 0 Å². The summed E-state index contributed by atoms with van der Waals surface area (Å²) in [4.78, 5) is 25.4. The van der Waals surface area contributed by atoms with Crippen LogP contribution in [0.3, 0.4) is 0 Å². The highest BCUT2D eigenvalue weighted by Gasteiger charge is 2.24. The fourth-order valence-corrected chi connectivity index (χ4v) is 4.73. The third-order valence-corrected chi connectivity index (χ3v) is 6.03. The number of benzene rings is 1. The summed E-state index contributed by atoms with van der Waals surface area (Å²) in [6, 6.07) is 7.50. The number of hydrogen-bond donors (Lipinski definition) is 3. The molecule has 1 aromatic heterocycles. The monoisotopic (exact) mass is 391 g/mol. The van der Waals surface area contributed by atoms with Gasteiger partial charge in [0.25, 0.3) is 5.91 Å². The van der Waals surface area contributed by atoms with Crippen LogP contribution in [0.1, 0.15) is 52.2 Å². The van der Waals surface area contributed by atoms with E-state index in [9.17, 15) is 9.59 Å². The molecule has 0 bridgehead atoms. The van der Waals surface area contributed by atoms with Crippen molar-refractivity contribution < 1.29 is 9.59 Å². The number of thiophene rings is 1. The second kappa shape index (κ2) is 8.20. The summed E-state index contributed by atoms with van der Waals surface area (Å²) in [5.41, 5.74) is 8.07. The summed E-state index contributed by atoms with van der Waals surface area (Å²) in [5, 5.41) is 7.27. The minimum Gasteiger partial charge on any atom is -0.365 e. The number of rotatable bonds is 6. The first-order valence-electron chi connectivity index (χ1n) is 8.68. The number of primary amides is 1. The normalized spacial score (nSPS) is 14.5. The minimum absolute atomic E-state index is 0.0217. The molecule has 1 aliphatic rings. The zero-order valence-electron chi connectivity index (χ0n) is 14.6. The topological polar surface area (TPSA) is 84.2 Å². The third-order valence-electron chi connectivity index (χ3n) is 4.59. The van der Waals surface area contributed by atoms with Gasteiger partial charge in [-0.3, -0.25) is 9.59 Å². The number of hydrogen-bond acceptors (Lipinski definition) is 4. The molecule has 0 aliphatic heterocycles. The minimum atomic E-state index is -0.472. The van der Waals surface area contributed by atoms with Crippen LogP contribution in [0.4, 0.5) is 5.00 Å². The Bertz CT molecular complexity index is 834. The average Bonchev–Trinajstić information content (AvgIpc) is 2.97. The number of aryl methyl sites for hydroxylation is 1. The van der Waals surface area contributed by atoms with E-state index in [2.05, 4.69) is 10.6 Å². The summed E-state index contributed by atoms with van der Waals surface area (Å²) in [6.07, 6.45) is 3.96. The molecule has 138 valence electrons. The fraction of sp³-hybridized carbons (Fsp3) is 0.368. The van der Waals surface area contributed by atoms with Gasteiger partial charge in [-0.1, -0.05) is 23.7 Å². The maximum absolute atomic E-state index is 12.4. The second-order valence-corrected chi connectivity index (χ2v) is 8.03. The zero-order chi connectivity index (χ0) is 18.7. The largest absolute Gasteiger partial charge is 0.365 e. The van der Waals surface area contributed by atoms with Crippen LogP contribution < -0.4 is 16.4 Å². The molecule has 0 fully saturated rings. The molecule has 7 heteroatoms. The molecule has 1 atom stereocenters. The van der Waals surface area contributed by atoms with Crippen molar-refractivity contribution in [2.75, 3.05) is 11.9 Å². The van der Waals surface area contributed by atoms with Crippen LogP contribution in [-0.4, -0.2) is 18.4 Å². The van der Waals surface area contributed by atoms with Crippen molar-refractivity contribution in [3.8, 4) is 0 Å². The first-order chi connectivity index (χ1) is 12.5. The molecule has 0 unspecified atom stereocenters. The average molecular weight is 392 g/mol. The summed E-state index contributed by atoms with van der Waals surface area (Å²) >= 11 is 7.48. The van der Waals surface area contributed by atoms with Gasteiger partial charge in [0.1, 0.15) is 5.00 Å². The molecule has 4 N–H and O–H groups in total. The van der Waals surface area contributed by atoms with Crippen molar-refractivity contribution in [1.82, 2.24) is 5.32 Å². The van der Waals surface area contributed by atoms with E-state index in [1.54, 1.807) is 0 Å². The van der Waals surface area contributed by atoms with Crippen molar-refractivity contribution in [2.45, 2.75) is 38.6 Å². The number of carbonyl (C=O) groups is 2. The summed E-state index contributed by atoms with van der Waals surface area (Å²) in [6.45, 7) is 2.10. The van der Waals surface area contributed by atoms with E-state index < -0.39 is 5.91 Å². The number of nitrogens with one attached hydrogen (secondary N) is 2. The first kappa shape index (κ1) is 18.9. The van der Waals surface area contributed by atoms with Crippen LogP contribution in [0, 0.1) is 0 Å². The van der Waals surface area contributed by atoms with Crippen molar-refractivity contribution in [1.29, 1.82) is 0 Å². The third kappa shape index (κ3) is 4.26. The Hall–Kier alpha value is -1.89. The molecule has 1 aliphatic carbocycles. The Balaban J connectivity index is 1.65.